The van der Waals surface area contributed by atoms with E-state index in [1.54, 1.807) is 0 Å². The molecule has 0 fully saturated rings. The average Bonchev–Trinajstić information content (AvgIpc) is 2.23. The predicted octanol–water partition coefficient (Wildman–Crippen LogP) is 4.67. The zero-order valence-corrected chi connectivity index (χ0v) is 11.3. The van der Waals surface area contributed by atoms with Gasteiger partial charge in [0, 0.05) is 6.42 Å². The van der Waals surface area contributed by atoms with Crippen LogP contribution in [0, 0.1) is 0 Å². The lowest BCUT2D eigenvalue weighted by molar-refractivity contribution is 0.384. The third-order valence-corrected chi connectivity index (χ3v) is 8.54. The number of hydrogen-bond acceptors (Lipinski definition) is 1. The molecule has 0 bridgehead atoms. The summed E-state index contributed by atoms with van der Waals surface area (Å²) in [5, 5.41) is 9.81. The fourth-order valence-electron chi connectivity index (χ4n) is 1.84. The highest BCUT2D eigenvalue weighted by Gasteiger charge is 2.24. The largest absolute Gasteiger partial charge is 0.513 e. The highest BCUT2D eigenvalue weighted by Crippen LogP contribution is 2.23. The Balaban J connectivity index is 4.37. The number of hydrogen-bond donors (Lipinski definition) is 1. The Morgan fingerprint density at radius 2 is 1.57 bits per heavy atom. The summed E-state index contributed by atoms with van der Waals surface area (Å²) in [7, 11) is -1.24. The zero-order valence-electron chi connectivity index (χ0n) is 10.3. The minimum absolute atomic E-state index is 0.657. The number of aliphatic hydroxyl groups is 1. The molecular formula is C12H26OSi. The van der Waals surface area contributed by atoms with E-state index in [9.17, 15) is 5.11 Å². The van der Waals surface area contributed by atoms with E-state index in [1.807, 2.05) is 0 Å². The Morgan fingerprint density at radius 1 is 1.07 bits per heavy atom. The first-order valence-corrected chi connectivity index (χ1v) is 8.74. The summed E-state index contributed by atoms with van der Waals surface area (Å²) in [6.45, 7) is 8.96. The topological polar surface area (TPSA) is 20.2 Å². The van der Waals surface area contributed by atoms with Crippen LogP contribution in [-0.2, 0) is 0 Å². The highest BCUT2D eigenvalue weighted by atomic mass is 28.3. The fourth-order valence-corrected chi connectivity index (χ4v) is 4.80. The Labute approximate surface area is 90.2 Å². The van der Waals surface area contributed by atoms with Gasteiger partial charge in [0.15, 0.2) is 0 Å². The maximum Gasteiger partial charge on any atom is 0.0845 e. The Hall–Kier alpha value is -0.243. The van der Waals surface area contributed by atoms with E-state index in [1.165, 1.54) is 18.1 Å². The van der Waals surface area contributed by atoms with Gasteiger partial charge in [0.2, 0.25) is 0 Å². The van der Waals surface area contributed by atoms with Crippen LogP contribution in [0.1, 0.15) is 47.0 Å². The molecule has 0 aliphatic carbocycles. The van der Waals surface area contributed by atoms with Crippen molar-refractivity contribution in [1.82, 2.24) is 0 Å². The number of unbranched alkanes of at least 4 members (excludes halogenated alkanes) is 1. The molecule has 0 rings (SSSR count). The summed E-state index contributed by atoms with van der Waals surface area (Å²) in [5.41, 5.74) is 2.24. The van der Waals surface area contributed by atoms with Crippen molar-refractivity contribution in [2.45, 2.75) is 65.1 Å². The predicted molar refractivity (Wildman–Crippen MR) is 67.4 cm³/mol. The van der Waals surface area contributed by atoms with Crippen LogP contribution >= 0.6 is 0 Å². The highest BCUT2D eigenvalue weighted by molar-refractivity contribution is 6.84. The molecule has 1 nitrogen and oxygen atoms in total. The van der Waals surface area contributed by atoms with E-state index in [4.69, 9.17) is 0 Å². The second-order valence-corrected chi connectivity index (χ2v) is 9.30. The summed E-state index contributed by atoms with van der Waals surface area (Å²) >= 11 is 0. The zero-order chi connectivity index (χ0) is 11.0. The van der Waals surface area contributed by atoms with Gasteiger partial charge in [-0.25, -0.2) is 0 Å². The molecule has 0 saturated heterocycles. The molecule has 84 valence electrons. The lowest BCUT2D eigenvalue weighted by Crippen LogP contribution is -2.29. The first-order chi connectivity index (χ1) is 6.64. The second-order valence-electron chi connectivity index (χ2n) is 4.16. The van der Waals surface area contributed by atoms with Crippen molar-refractivity contribution in [2.75, 3.05) is 0 Å². The van der Waals surface area contributed by atoms with Gasteiger partial charge >= 0.3 is 0 Å². The van der Waals surface area contributed by atoms with Gasteiger partial charge in [-0.05, 0) is 6.42 Å². The summed E-state index contributed by atoms with van der Waals surface area (Å²) in [5.74, 6) is 0.657. The molecule has 0 aliphatic heterocycles. The maximum absolute atomic E-state index is 9.81. The van der Waals surface area contributed by atoms with E-state index in [0.29, 0.717) is 5.76 Å². The third-order valence-electron chi connectivity index (χ3n) is 3.37. The molecular weight excluding hydrogens is 188 g/mol. The molecule has 2 heteroatoms. The molecule has 0 radical (unpaired) electrons. The van der Waals surface area contributed by atoms with Crippen molar-refractivity contribution in [2.24, 2.45) is 0 Å². The second kappa shape index (κ2) is 7.10. The van der Waals surface area contributed by atoms with Crippen molar-refractivity contribution in [3.8, 4) is 0 Å². The molecule has 0 saturated carbocycles. The van der Waals surface area contributed by atoms with E-state index in [-0.39, 0.29) is 0 Å². The van der Waals surface area contributed by atoms with Crippen molar-refractivity contribution in [3.63, 3.8) is 0 Å². The van der Waals surface area contributed by atoms with Gasteiger partial charge in [0.05, 0.1) is 13.8 Å². The van der Waals surface area contributed by atoms with Crippen LogP contribution in [0.4, 0.5) is 0 Å². The van der Waals surface area contributed by atoms with Gasteiger partial charge in [-0.15, -0.1) is 0 Å². The molecule has 0 amide bonds. The molecule has 0 aromatic carbocycles. The van der Waals surface area contributed by atoms with E-state index < -0.39 is 8.07 Å². The molecule has 14 heavy (non-hydrogen) atoms. The molecule has 0 heterocycles. The van der Waals surface area contributed by atoms with Crippen molar-refractivity contribution < 1.29 is 5.11 Å². The fraction of sp³-hybridized carbons (Fsp3) is 0.833. The molecule has 1 N–H and O–H groups in total. The van der Waals surface area contributed by atoms with Gasteiger partial charge < -0.3 is 5.11 Å². The molecule has 0 atom stereocenters. The van der Waals surface area contributed by atoms with Crippen LogP contribution in [0.15, 0.2) is 11.5 Å². The minimum atomic E-state index is -1.24. The van der Waals surface area contributed by atoms with Crippen LogP contribution in [0.5, 0.6) is 0 Å². The van der Waals surface area contributed by atoms with Gasteiger partial charge in [-0.3, -0.25) is 0 Å². The normalized spacial score (nSPS) is 13.3. The van der Waals surface area contributed by atoms with Crippen LogP contribution in [0.25, 0.3) is 0 Å². The summed E-state index contributed by atoms with van der Waals surface area (Å²) in [6, 6.07) is 3.78. The Morgan fingerprint density at radius 3 is 1.93 bits per heavy atom. The van der Waals surface area contributed by atoms with Crippen LogP contribution in [-0.4, -0.2) is 13.2 Å². The lowest BCUT2D eigenvalue weighted by Gasteiger charge is -2.24. The Bertz CT molecular complexity index is 163. The molecule has 0 aromatic rings. The standard InChI is InChI=1S/C12H26OSi/c1-5-9-10-12(13)11-14(6-2,7-3)8-4/h11,13H,5-10H2,1-4H3/b12-11-. The molecule has 0 unspecified atom stereocenters. The first kappa shape index (κ1) is 13.8. The SMILES string of the molecule is CCCC/C(O)=C/[Si](CC)(CC)CC. The van der Waals surface area contributed by atoms with Crippen LogP contribution < -0.4 is 0 Å². The molecule has 0 aliphatic rings. The average molecular weight is 214 g/mol. The maximum atomic E-state index is 9.81. The number of rotatable bonds is 7. The summed E-state index contributed by atoms with van der Waals surface area (Å²) in [6.07, 6.45) is 3.16. The minimum Gasteiger partial charge on any atom is -0.513 e. The van der Waals surface area contributed by atoms with Gasteiger partial charge in [0.25, 0.3) is 0 Å². The van der Waals surface area contributed by atoms with Crippen molar-refractivity contribution in [3.05, 3.63) is 11.5 Å². The van der Waals surface area contributed by atoms with Gasteiger partial charge in [-0.2, -0.15) is 0 Å². The van der Waals surface area contributed by atoms with E-state index in [0.717, 1.165) is 19.3 Å². The monoisotopic (exact) mass is 214 g/mol. The quantitative estimate of drug-likeness (QED) is 0.482. The lowest BCUT2D eigenvalue weighted by atomic mass is 10.2. The molecule has 0 aromatic heterocycles. The van der Waals surface area contributed by atoms with E-state index in [2.05, 4.69) is 33.4 Å². The third kappa shape index (κ3) is 4.31. The van der Waals surface area contributed by atoms with Crippen LogP contribution in [0.3, 0.4) is 0 Å². The van der Waals surface area contributed by atoms with Crippen LogP contribution in [0.2, 0.25) is 18.1 Å². The van der Waals surface area contributed by atoms with E-state index >= 15 is 0 Å². The number of allylic oxidation sites excluding steroid dienone is 1. The summed E-state index contributed by atoms with van der Waals surface area (Å²) < 4.78 is 0. The van der Waals surface area contributed by atoms with Crippen molar-refractivity contribution >= 4 is 8.07 Å². The first-order valence-electron chi connectivity index (χ1n) is 6.04. The Kier molecular flexibility index (Phi) is 6.98. The van der Waals surface area contributed by atoms with Gasteiger partial charge in [0.1, 0.15) is 0 Å². The smallest absolute Gasteiger partial charge is 0.0845 e. The molecule has 0 spiro atoms. The number of aliphatic hydroxyl groups excluding tert-OH is 1. The van der Waals surface area contributed by atoms with Crippen molar-refractivity contribution in [1.29, 1.82) is 0 Å². The summed E-state index contributed by atoms with van der Waals surface area (Å²) in [4.78, 5) is 0. The van der Waals surface area contributed by atoms with Gasteiger partial charge in [-0.1, -0.05) is 57.9 Å².